The summed E-state index contributed by atoms with van der Waals surface area (Å²) < 4.78 is 0. The lowest BCUT2D eigenvalue weighted by Gasteiger charge is -2.29. The highest BCUT2D eigenvalue weighted by Crippen LogP contribution is 2.20. The van der Waals surface area contributed by atoms with Gasteiger partial charge in [-0.2, -0.15) is 4.99 Å². The normalized spacial score (nSPS) is 15.0. The number of amides is 2. The van der Waals surface area contributed by atoms with Crippen molar-refractivity contribution in [1.82, 2.24) is 20.2 Å². The number of carbonyl (C=O) groups excluding carboxylic acids is 1. The van der Waals surface area contributed by atoms with Gasteiger partial charge in [0.15, 0.2) is 5.96 Å². The van der Waals surface area contributed by atoms with Gasteiger partial charge in [-0.1, -0.05) is 18.2 Å². The van der Waals surface area contributed by atoms with E-state index in [1.54, 1.807) is 12.4 Å². The van der Waals surface area contributed by atoms with Crippen LogP contribution < -0.4 is 22.1 Å². The third-order valence-electron chi connectivity index (χ3n) is 4.64. The molecule has 1 aliphatic rings. The number of urea groups is 1. The number of benzene rings is 1. The molecule has 1 aromatic heterocycles. The molecule has 0 unspecified atom stereocenters. The zero-order valence-electron chi connectivity index (χ0n) is 15.9. The van der Waals surface area contributed by atoms with Crippen molar-refractivity contribution in [3.05, 3.63) is 42.2 Å². The molecule has 9 nitrogen and oxygen atoms in total. The van der Waals surface area contributed by atoms with Crippen LogP contribution >= 0.6 is 0 Å². The Hall–Kier alpha value is -3.20. The Balaban J connectivity index is 1.60. The van der Waals surface area contributed by atoms with Crippen LogP contribution in [-0.4, -0.2) is 53.0 Å². The predicted molar refractivity (Wildman–Crippen MR) is 110 cm³/mol. The number of nitrogens with one attached hydrogen (secondary N) is 2. The summed E-state index contributed by atoms with van der Waals surface area (Å²) in [6.45, 7) is 2.49. The van der Waals surface area contributed by atoms with E-state index < -0.39 is 6.03 Å². The molecule has 1 aliphatic heterocycles. The molecule has 1 fully saturated rings. The van der Waals surface area contributed by atoms with E-state index in [0.29, 0.717) is 18.5 Å². The molecule has 6 N–H and O–H groups in total. The van der Waals surface area contributed by atoms with Gasteiger partial charge in [-0.15, -0.1) is 0 Å². The van der Waals surface area contributed by atoms with Crippen LogP contribution in [0.3, 0.4) is 0 Å². The van der Waals surface area contributed by atoms with Gasteiger partial charge in [0.2, 0.25) is 5.95 Å². The first-order valence-electron chi connectivity index (χ1n) is 9.23. The maximum absolute atomic E-state index is 11.5. The number of aliphatic imine (C=N–C) groups is 1. The summed E-state index contributed by atoms with van der Waals surface area (Å²) in [5.74, 6) is 0.385. The highest BCUT2D eigenvalue weighted by molar-refractivity contribution is 5.90. The Bertz CT molecular complexity index is 824. The Kier molecular flexibility index (Phi) is 6.38. The number of aromatic nitrogens is 2. The van der Waals surface area contributed by atoms with Crippen LogP contribution in [0, 0.1) is 0 Å². The van der Waals surface area contributed by atoms with Gasteiger partial charge in [-0.25, -0.2) is 14.8 Å². The van der Waals surface area contributed by atoms with Gasteiger partial charge in [0.1, 0.15) is 0 Å². The van der Waals surface area contributed by atoms with E-state index >= 15 is 0 Å². The maximum atomic E-state index is 11.5. The molecule has 0 radical (unpaired) electrons. The minimum Gasteiger partial charge on any atom is -0.370 e. The second-order valence-corrected chi connectivity index (χ2v) is 6.91. The van der Waals surface area contributed by atoms with E-state index in [1.165, 1.54) is 0 Å². The minimum atomic E-state index is -0.571. The first-order chi connectivity index (χ1) is 13.5. The van der Waals surface area contributed by atoms with Gasteiger partial charge in [-0.3, -0.25) is 0 Å². The fourth-order valence-electron chi connectivity index (χ4n) is 3.08. The van der Waals surface area contributed by atoms with Gasteiger partial charge in [0, 0.05) is 30.5 Å². The molecule has 0 spiro atoms. The topological polar surface area (TPSA) is 135 Å². The van der Waals surface area contributed by atoms with Crippen molar-refractivity contribution >= 4 is 17.9 Å². The molecule has 0 atom stereocenters. The predicted octanol–water partition coefficient (Wildman–Crippen LogP) is 1.13. The zero-order valence-corrected chi connectivity index (χ0v) is 15.9. The monoisotopic (exact) mass is 382 g/mol. The number of guanidine groups is 1. The number of rotatable bonds is 5. The molecule has 0 bridgehead atoms. The summed E-state index contributed by atoms with van der Waals surface area (Å²) in [6.07, 6.45) is 5.80. The lowest BCUT2D eigenvalue weighted by Crippen LogP contribution is -2.37. The molecule has 3 rings (SSSR count). The number of hydrogen-bond acceptors (Lipinski definition) is 5. The van der Waals surface area contributed by atoms with Crippen LogP contribution in [-0.2, 0) is 6.54 Å². The van der Waals surface area contributed by atoms with Crippen molar-refractivity contribution in [2.75, 3.05) is 25.5 Å². The average molecular weight is 382 g/mol. The molecule has 2 amide bonds. The largest absolute Gasteiger partial charge is 0.370 e. The van der Waals surface area contributed by atoms with E-state index in [2.05, 4.69) is 37.5 Å². The van der Waals surface area contributed by atoms with Crippen molar-refractivity contribution in [2.24, 2.45) is 16.5 Å². The van der Waals surface area contributed by atoms with Crippen molar-refractivity contribution in [3.8, 4) is 11.1 Å². The number of hydrogen-bond donors (Lipinski definition) is 4. The fraction of sp³-hybridized carbons (Fsp3) is 0.368. The average Bonchev–Trinajstić information content (AvgIpc) is 2.68. The number of carbonyl (C=O) groups is 1. The highest BCUT2D eigenvalue weighted by atomic mass is 16.2. The third-order valence-corrected chi connectivity index (χ3v) is 4.64. The Labute approximate surface area is 164 Å². The summed E-state index contributed by atoms with van der Waals surface area (Å²) in [4.78, 5) is 26.2. The molecular weight excluding hydrogens is 356 g/mol. The maximum Gasteiger partial charge on any atom is 0.344 e. The van der Waals surface area contributed by atoms with E-state index in [1.807, 2.05) is 24.3 Å². The lowest BCUT2D eigenvalue weighted by molar-refractivity contribution is 0.249. The third kappa shape index (κ3) is 5.65. The number of anilines is 1. The van der Waals surface area contributed by atoms with E-state index in [9.17, 15) is 4.79 Å². The molecule has 148 valence electrons. The van der Waals surface area contributed by atoms with Crippen molar-refractivity contribution in [2.45, 2.75) is 25.4 Å². The number of piperidine rings is 1. The van der Waals surface area contributed by atoms with E-state index in [0.717, 1.165) is 42.6 Å². The zero-order chi connectivity index (χ0) is 19.9. The van der Waals surface area contributed by atoms with Crippen molar-refractivity contribution in [3.63, 3.8) is 0 Å². The molecule has 1 saturated heterocycles. The molecular formula is C19H26N8O. The van der Waals surface area contributed by atoms with Crippen molar-refractivity contribution in [1.29, 1.82) is 0 Å². The summed E-state index contributed by atoms with van der Waals surface area (Å²) >= 11 is 0. The molecule has 2 heterocycles. The summed E-state index contributed by atoms with van der Waals surface area (Å²) in [7, 11) is 2.14. The Morgan fingerprint density at radius 1 is 1.21 bits per heavy atom. The van der Waals surface area contributed by atoms with Gasteiger partial charge in [0.05, 0.1) is 0 Å². The van der Waals surface area contributed by atoms with Crippen LogP contribution in [0.4, 0.5) is 10.7 Å². The molecule has 28 heavy (non-hydrogen) atoms. The number of nitrogens with zero attached hydrogens (tertiary/aromatic N) is 4. The van der Waals surface area contributed by atoms with Crippen LogP contribution in [0.25, 0.3) is 11.1 Å². The first kappa shape index (κ1) is 19.6. The molecule has 2 aromatic rings. The van der Waals surface area contributed by atoms with E-state index in [-0.39, 0.29) is 5.96 Å². The van der Waals surface area contributed by atoms with Crippen LogP contribution in [0.5, 0.6) is 0 Å². The first-order valence-corrected chi connectivity index (χ1v) is 9.23. The van der Waals surface area contributed by atoms with E-state index in [4.69, 9.17) is 11.5 Å². The number of likely N-dealkylation sites (tertiary alicyclic amines) is 1. The second kappa shape index (κ2) is 9.14. The molecule has 0 aliphatic carbocycles. The summed E-state index contributed by atoms with van der Waals surface area (Å²) in [5.41, 5.74) is 13.2. The van der Waals surface area contributed by atoms with Gasteiger partial charge < -0.3 is 27.0 Å². The van der Waals surface area contributed by atoms with Crippen LogP contribution in [0.1, 0.15) is 18.4 Å². The lowest BCUT2D eigenvalue weighted by atomic mass is 10.1. The molecule has 1 aromatic carbocycles. The number of nitrogens with two attached hydrogens (primary N) is 2. The van der Waals surface area contributed by atoms with Crippen LogP contribution in [0.15, 0.2) is 41.7 Å². The van der Waals surface area contributed by atoms with Gasteiger partial charge in [-0.05, 0) is 50.2 Å². The minimum absolute atomic E-state index is 0.266. The smallest absolute Gasteiger partial charge is 0.344 e. The SMILES string of the molecule is CN1CCC(Nc2ncc(-c3cccc(CNC(=O)N=C(N)N)c3)cn2)CC1. The summed E-state index contributed by atoms with van der Waals surface area (Å²) in [6, 6.07) is 7.62. The Morgan fingerprint density at radius 2 is 1.93 bits per heavy atom. The van der Waals surface area contributed by atoms with Gasteiger partial charge >= 0.3 is 6.03 Å². The van der Waals surface area contributed by atoms with Gasteiger partial charge in [0.25, 0.3) is 0 Å². The summed E-state index contributed by atoms with van der Waals surface area (Å²) in [5, 5.41) is 6.05. The standard InChI is InChI=1S/C19H26N8O/c1-27-7-5-16(6-8-27)25-18-22-11-15(12-23-18)14-4-2-3-13(9-14)10-24-19(28)26-17(20)21/h2-4,9,11-12,16H,5-8,10H2,1H3,(H,22,23,25)(H5,20,21,24,26,28). The second-order valence-electron chi connectivity index (χ2n) is 6.91. The molecule has 9 heteroatoms. The quantitative estimate of drug-likeness (QED) is 0.450. The molecule has 0 saturated carbocycles. The van der Waals surface area contributed by atoms with Crippen molar-refractivity contribution < 1.29 is 4.79 Å². The fourth-order valence-corrected chi connectivity index (χ4v) is 3.08. The van der Waals surface area contributed by atoms with Crippen LogP contribution in [0.2, 0.25) is 0 Å². The Morgan fingerprint density at radius 3 is 2.61 bits per heavy atom. The highest BCUT2D eigenvalue weighted by Gasteiger charge is 2.17.